The van der Waals surface area contributed by atoms with Crippen LogP contribution in [0.15, 0.2) is 64.3 Å². The monoisotopic (exact) mass is 399 g/mol. The Kier molecular flexibility index (Phi) is 6.19. The number of carboxylic acids is 1. The van der Waals surface area contributed by atoms with Crippen molar-refractivity contribution in [1.82, 2.24) is 4.98 Å². The summed E-state index contributed by atoms with van der Waals surface area (Å²) in [6.45, 7) is 3.90. The molecule has 140 valence electrons. The van der Waals surface area contributed by atoms with Gasteiger partial charge in [0.05, 0.1) is 12.3 Å². The maximum Gasteiger partial charge on any atom is 0.319 e. The van der Waals surface area contributed by atoms with E-state index in [0.717, 1.165) is 21.3 Å². The zero-order chi connectivity index (χ0) is 19.3. The quantitative estimate of drug-likeness (QED) is 0.515. The summed E-state index contributed by atoms with van der Waals surface area (Å²) in [6, 6.07) is 18.3. The maximum atomic E-state index is 11.2. The first kappa shape index (κ1) is 19.5. The molecule has 0 fully saturated rings. The zero-order valence-electron chi connectivity index (χ0n) is 15.2. The smallest absolute Gasteiger partial charge is 0.319 e. The molecule has 3 aromatic rings. The summed E-state index contributed by atoms with van der Waals surface area (Å²) < 4.78 is 5.70. The van der Waals surface area contributed by atoms with E-state index in [-0.39, 0.29) is 0 Å². The third-order valence-corrected chi connectivity index (χ3v) is 6.15. The van der Waals surface area contributed by atoms with Gasteiger partial charge in [0.15, 0.2) is 4.34 Å². The predicted molar refractivity (Wildman–Crippen MR) is 111 cm³/mol. The van der Waals surface area contributed by atoms with Gasteiger partial charge in [0.25, 0.3) is 0 Å². The van der Waals surface area contributed by atoms with Gasteiger partial charge in [-0.25, -0.2) is 4.98 Å². The van der Waals surface area contributed by atoms with Crippen molar-refractivity contribution in [2.45, 2.75) is 29.4 Å². The van der Waals surface area contributed by atoms with E-state index in [1.807, 2.05) is 35.7 Å². The number of ether oxygens (including phenoxy) is 1. The summed E-state index contributed by atoms with van der Waals surface area (Å²) >= 11 is 2.74. The zero-order valence-corrected chi connectivity index (χ0v) is 16.8. The molecule has 0 saturated carbocycles. The number of benzene rings is 2. The van der Waals surface area contributed by atoms with Crippen LogP contribution in [0.2, 0.25) is 0 Å². The normalized spacial score (nSPS) is 11.3. The Bertz CT molecular complexity index is 889. The first-order valence-electron chi connectivity index (χ1n) is 8.59. The highest BCUT2D eigenvalue weighted by atomic mass is 32.2. The van der Waals surface area contributed by atoms with Crippen LogP contribution in [-0.2, 0) is 11.2 Å². The van der Waals surface area contributed by atoms with Gasteiger partial charge in [-0.3, -0.25) is 4.79 Å². The van der Waals surface area contributed by atoms with Crippen molar-refractivity contribution < 1.29 is 14.6 Å². The third-order valence-electron chi connectivity index (χ3n) is 3.98. The van der Waals surface area contributed by atoms with Gasteiger partial charge in [-0.2, -0.15) is 0 Å². The van der Waals surface area contributed by atoms with Crippen LogP contribution in [0.5, 0.6) is 5.75 Å². The summed E-state index contributed by atoms with van der Waals surface area (Å²) in [6.07, 6.45) is 0.686. The van der Waals surface area contributed by atoms with Crippen LogP contribution in [0.1, 0.15) is 19.5 Å². The molecule has 0 radical (unpaired) electrons. The molecule has 0 spiro atoms. The summed E-state index contributed by atoms with van der Waals surface area (Å²) in [5.74, 6) is -0.0157. The van der Waals surface area contributed by atoms with Gasteiger partial charge in [-0.15, -0.1) is 11.3 Å². The van der Waals surface area contributed by atoms with Crippen molar-refractivity contribution in [1.29, 1.82) is 0 Å². The van der Waals surface area contributed by atoms with Gasteiger partial charge in [-0.05, 0) is 37.1 Å². The summed E-state index contributed by atoms with van der Waals surface area (Å²) in [5, 5.41) is 11.2. The van der Waals surface area contributed by atoms with Crippen molar-refractivity contribution in [2.24, 2.45) is 0 Å². The molecule has 6 heteroatoms. The fourth-order valence-corrected chi connectivity index (χ4v) is 4.59. The van der Waals surface area contributed by atoms with Gasteiger partial charge in [0.1, 0.15) is 10.5 Å². The molecular weight excluding hydrogens is 378 g/mol. The molecule has 0 bridgehead atoms. The van der Waals surface area contributed by atoms with E-state index in [1.165, 1.54) is 28.7 Å². The lowest BCUT2D eigenvalue weighted by Crippen LogP contribution is -2.26. The van der Waals surface area contributed by atoms with E-state index in [4.69, 9.17) is 4.74 Å². The second kappa shape index (κ2) is 8.59. The number of carbonyl (C=O) groups is 1. The molecule has 0 saturated heterocycles. The van der Waals surface area contributed by atoms with E-state index >= 15 is 0 Å². The van der Waals surface area contributed by atoms with Gasteiger partial charge in [0.2, 0.25) is 0 Å². The van der Waals surface area contributed by atoms with E-state index in [9.17, 15) is 9.90 Å². The van der Waals surface area contributed by atoms with Gasteiger partial charge >= 0.3 is 5.97 Å². The minimum Gasteiger partial charge on any atom is -0.493 e. The number of nitrogens with zero attached hydrogens (tertiary/aromatic N) is 1. The lowest BCUT2D eigenvalue weighted by atomic mass is 10.1. The van der Waals surface area contributed by atoms with Crippen LogP contribution in [0.3, 0.4) is 0 Å². The minimum atomic E-state index is -0.883. The fraction of sp³-hybridized carbons (Fsp3) is 0.238. The molecule has 0 unspecified atom stereocenters. The number of aromatic nitrogens is 1. The van der Waals surface area contributed by atoms with Crippen molar-refractivity contribution in [3.05, 3.63) is 65.7 Å². The molecule has 0 amide bonds. The summed E-state index contributed by atoms with van der Waals surface area (Å²) in [7, 11) is 0. The lowest BCUT2D eigenvalue weighted by Gasteiger charge is -2.15. The summed E-state index contributed by atoms with van der Waals surface area (Å²) in [4.78, 5) is 15.7. The maximum absolute atomic E-state index is 11.2. The van der Waals surface area contributed by atoms with Crippen molar-refractivity contribution in [3.63, 3.8) is 0 Å². The number of carboxylic acid groups (broad SMARTS) is 1. The number of hydrogen-bond donors (Lipinski definition) is 1. The molecule has 1 heterocycles. The molecule has 1 aromatic heterocycles. The van der Waals surface area contributed by atoms with Crippen LogP contribution < -0.4 is 4.74 Å². The number of thiazole rings is 1. The molecule has 0 atom stereocenters. The topological polar surface area (TPSA) is 59.4 Å². The average Bonchev–Trinajstić information content (AvgIpc) is 3.09. The Balaban J connectivity index is 1.51. The molecular formula is C21H21NO3S2. The van der Waals surface area contributed by atoms with Gasteiger partial charge < -0.3 is 9.84 Å². The highest BCUT2D eigenvalue weighted by Gasteiger charge is 2.29. The van der Waals surface area contributed by atoms with E-state index in [0.29, 0.717) is 13.0 Å². The second-order valence-corrected chi connectivity index (χ2v) is 9.24. The average molecular weight is 400 g/mol. The van der Waals surface area contributed by atoms with Crippen molar-refractivity contribution in [2.75, 3.05) is 6.61 Å². The molecule has 2 aromatic carbocycles. The third kappa shape index (κ3) is 5.34. The van der Waals surface area contributed by atoms with E-state index < -0.39 is 10.7 Å². The standard InChI is InChI=1S/C21H21NO3S2/c1-21(2,19(23)24)27-20-22-17(14-26-20)12-13-25-18-10-8-16(9-11-18)15-6-4-3-5-7-15/h3-11,14H,12-13H2,1-2H3,(H,23,24). The lowest BCUT2D eigenvalue weighted by molar-refractivity contribution is -0.138. The van der Waals surface area contributed by atoms with Gasteiger partial charge in [-0.1, -0.05) is 54.2 Å². The number of aliphatic carboxylic acids is 1. The number of thioether (sulfide) groups is 1. The van der Waals surface area contributed by atoms with Crippen LogP contribution >= 0.6 is 23.1 Å². The number of rotatable bonds is 8. The largest absolute Gasteiger partial charge is 0.493 e. The SMILES string of the molecule is CC(C)(Sc1nc(CCOc2ccc(-c3ccccc3)cc2)cs1)C(=O)O. The first-order valence-corrected chi connectivity index (χ1v) is 10.3. The van der Waals surface area contributed by atoms with Crippen LogP contribution in [0.4, 0.5) is 0 Å². The summed E-state index contributed by atoms with van der Waals surface area (Å²) in [5.41, 5.74) is 3.26. The number of hydrogen-bond acceptors (Lipinski definition) is 5. The Morgan fingerprint density at radius 3 is 2.44 bits per heavy atom. The second-order valence-electron chi connectivity index (χ2n) is 6.51. The Hall–Kier alpha value is -2.31. The molecule has 27 heavy (non-hydrogen) atoms. The van der Waals surface area contributed by atoms with Crippen molar-refractivity contribution >= 4 is 29.1 Å². The Morgan fingerprint density at radius 1 is 1.11 bits per heavy atom. The molecule has 0 aliphatic carbocycles. The Morgan fingerprint density at radius 2 is 1.78 bits per heavy atom. The van der Waals surface area contributed by atoms with Crippen LogP contribution in [-0.4, -0.2) is 27.4 Å². The predicted octanol–water partition coefficient (Wildman–Crippen LogP) is 5.39. The van der Waals surface area contributed by atoms with Crippen LogP contribution in [0.25, 0.3) is 11.1 Å². The highest BCUT2D eigenvalue weighted by molar-refractivity contribution is 8.02. The highest BCUT2D eigenvalue weighted by Crippen LogP contribution is 2.34. The molecule has 4 nitrogen and oxygen atoms in total. The first-order chi connectivity index (χ1) is 12.9. The molecule has 3 rings (SSSR count). The molecule has 1 N–H and O–H groups in total. The van der Waals surface area contributed by atoms with Crippen LogP contribution in [0, 0.1) is 0 Å². The van der Waals surface area contributed by atoms with Gasteiger partial charge in [0, 0.05) is 11.8 Å². The molecule has 0 aliphatic rings. The van der Waals surface area contributed by atoms with E-state index in [1.54, 1.807) is 13.8 Å². The van der Waals surface area contributed by atoms with E-state index in [2.05, 4.69) is 29.2 Å². The Labute approximate surface area is 167 Å². The van der Waals surface area contributed by atoms with Crippen molar-refractivity contribution in [3.8, 4) is 16.9 Å². The fourth-order valence-electron chi connectivity index (χ4n) is 2.36. The minimum absolute atomic E-state index is 0.529. The molecule has 0 aliphatic heterocycles.